The van der Waals surface area contributed by atoms with E-state index in [2.05, 4.69) is 54.0 Å². The van der Waals surface area contributed by atoms with Crippen molar-refractivity contribution in [2.75, 3.05) is 31.1 Å². The summed E-state index contributed by atoms with van der Waals surface area (Å²) in [6.07, 6.45) is 5.36. The van der Waals surface area contributed by atoms with E-state index in [1.807, 2.05) is 24.3 Å². The summed E-state index contributed by atoms with van der Waals surface area (Å²) in [5, 5.41) is 10.3. The fraction of sp³-hybridized carbons (Fsp3) is 0.227. The normalized spacial score (nSPS) is 16.1. The van der Waals surface area contributed by atoms with E-state index in [-0.39, 0.29) is 43.1 Å². The number of halogens is 3. The Balaban J connectivity index is 0.00000121. The number of nitrogens with zero attached hydrogens (tertiary/aromatic N) is 5. The summed E-state index contributed by atoms with van der Waals surface area (Å²) >= 11 is 0. The molecule has 0 bridgehead atoms. The largest absolute Gasteiger partial charge is 0.492 e. The van der Waals surface area contributed by atoms with E-state index in [9.17, 15) is 5.11 Å². The van der Waals surface area contributed by atoms with Crippen molar-refractivity contribution >= 4 is 66.9 Å². The van der Waals surface area contributed by atoms with Crippen molar-refractivity contribution in [2.24, 2.45) is 4.99 Å². The second-order valence-corrected chi connectivity index (χ2v) is 7.28. The molecular formula is C22H25Cl3N6O. The van der Waals surface area contributed by atoms with E-state index in [4.69, 9.17) is 0 Å². The number of benzene rings is 1. The van der Waals surface area contributed by atoms with Crippen molar-refractivity contribution in [2.45, 2.75) is 6.54 Å². The van der Waals surface area contributed by atoms with E-state index < -0.39 is 0 Å². The molecule has 1 aromatic carbocycles. The van der Waals surface area contributed by atoms with Gasteiger partial charge in [0.1, 0.15) is 5.69 Å². The molecule has 2 N–H and O–H groups in total. The Bertz CT molecular complexity index is 1080. The Labute approximate surface area is 205 Å². The molecular weight excluding hydrogens is 471 g/mol. The second kappa shape index (κ2) is 11.3. The van der Waals surface area contributed by atoms with Gasteiger partial charge in [0.05, 0.1) is 0 Å². The molecule has 0 amide bonds. The molecule has 170 valence electrons. The van der Waals surface area contributed by atoms with Crippen molar-refractivity contribution < 1.29 is 5.11 Å². The molecule has 0 spiro atoms. The lowest BCUT2D eigenvalue weighted by molar-refractivity contribution is 0.249. The molecule has 10 heteroatoms. The highest BCUT2D eigenvalue weighted by atomic mass is 35.5. The molecule has 1 saturated heterocycles. The Morgan fingerprint density at radius 3 is 2.47 bits per heavy atom. The topological polar surface area (TPSA) is 80.6 Å². The summed E-state index contributed by atoms with van der Waals surface area (Å²) in [7, 11) is 0. The van der Waals surface area contributed by atoms with E-state index >= 15 is 0 Å². The number of H-pyrrole nitrogens is 1. The lowest BCUT2D eigenvalue weighted by Gasteiger charge is -2.34. The number of allylic oxidation sites excluding steroid dienone is 1. The van der Waals surface area contributed by atoms with Crippen LogP contribution in [0.15, 0.2) is 53.7 Å². The van der Waals surface area contributed by atoms with Gasteiger partial charge in [-0.1, -0.05) is 30.3 Å². The summed E-state index contributed by atoms with van der Waals surface area (Å²) in [6, 6.07) is 14.4. The number of aromatic nitrogens is 3. The van der Waals surface area contributed by atoms with Crippen LogP contribution in [0.5, 0.6) is 5.88 Å². The zero-order valence-corrected chi connectivity index (χ0v) is 19.7. The molecule has 2 aromatic heterocycles. The number of pyridine rings is 1. The molecule has 7 nitrogen and oxygen atoms in total. The van der Waals surface area contributed by atoms with Gasteiger partial charge in [-0.15, -0.1) is 37.2 Å². The van der Waals surface area contributed by atoms with Crippen LogP contribution in [0.1, 0.15) is 16.8 Å². The van der Waals surface area contributed by atoms with E-state index in [1.54, 1.807) is 12.4 Å². The highest BCUT2D eigenvalue weighted by molar-refractivity contribution is 6.20. The summed E-state index contributed by atoms with van der Waals surface area (Å²) in [5.74, 6) is 1.41. The zero-order chi connectivity index (χ0) is 19.6. The monoisotopic (exact) mass is 494 g/mol. The van der Waals surface area contributed by atoms with Crippen LogP contribution in [-0.4, -0.2) is 57.4 Å². The number of aromatic amines is 1. The van der Waals surface area contributed by atoms with Crippen LogP contribution in [0, 0.1) is 0 Å². The van der Waals surface area contributed by atoms with Gasteiger partial charge in [0.15, 0.2) is 5.82 Å². The van der Waals surface area contributed by atoms with Gasteiger partial charge < -0.3 is 15.0 Å². The average molecular weight is 496 g/mol. The molecule has 0 radical (unpaired) electrons. The number of rotatable bonds is 4. The van der Waals surface area contributed by atoms with Gasteiger partial charge in [-0.05, 0) is 23.8 Å². The molecule has 2 aliphatic rings. The number of nitrogens with one attached hydrogen (secondary N) is 1. The Morgan fingerprint density at radius 1 is 0.969 bits per heavy atom. The van der Waals surface area contributed by atoms with Crippen molar-refractivity contribution in [3.05, 3.63) is 65.5 Å². The number of aromatic hydroxyl groups is 1. The first-order valence-electron chi connectivity index (χ1n) is 9.77. The van der Waals surface area contributed by atoms with Crippen LogP contribution < -0.4 is 4.90 Å². The molecule has 32 heavy (non-hydrogen) atoms. The summed E-state index contributed by atoms with van der Waals surface area (Å²) in [5.41, 5.74) is 3.78. The maximum atomic E-state index is 10.3. The lowest BCUT2D eigenvalue weighted by atomic mass is 10.1. The van der Waals surface area contributed by atoms with Crippen molar-refractivity contribution in [3.8, 4) is 5.88 Å². The standard InChI is InChI=1S/C22H22N6O.3ClH/c29-21-19(13-17-14-24-20-18(17)7-4-8-23-20)25-22(26-21)28-11-9-27(10-12-28)15-16-5-2-1-3-6-16;;;/h1-8,13-14,29H,9-12,15H2,(H,25,26);3*1H/b17-13+;;;. The minimum Gasteiger partial charge on any atom is -0.492 e. The van der Waals surface area contributed by atoms with Gasteiger partial charge in [0, 0.05) is 56.3 Å². The van der Waals surface area contributed by atoms with Crippen molar-refractivity contribution in [1.82, 2.24) is 19.9 Å². The Morgan fingerprint density at radius 2 is 1.72 bits per heavy atom. The van der Waals surface area contributed by atoms with Gasteiger partial charge in [-0.3, -0.25) is 4.90 Å². The lowest BCUT2D eigenvalue weighted by Crippen LogP contribution is -2.46. The minimum atomic E-state index is 0. The molecule has 0 aliphatic carbocycles. The maximum Gasteiger partial charge on any atom is 0.238 e. The number of aliphatic imine (C=N–C) groups is 1. The van der Waals surface area contributed by atoms with E-state index in [0.29, 0.717) is 17.5 Å². The van der Waals surface area contributed by atoms with E-state index in [1.165, 1.54) is 5.56 Å². The molecule has 3 aromatic rings. The summed E-state index contributed by atoms with van der Waals surface area (Å²) in [4.78, 5) is 20.8. The summed E-state index contributed by atoms with van der Waals surface area (Å²) in [6.45, 7) is 4.60. The summed E-state index contributed by atoms with van der Waals surface area (Å²) < 4.78 is 0. The predicted octanol–water partition coefficient (Wildman–Crippen LogP) is 4.35. The third-order valence-corrected chi connectivity index (χ3v) is 5.34. The first-order valence-corrected chi connectivity index (χ1v) is 9.77. The highest BCUT2D eigenvalue weighted by Crippen LogP contribution is 2.32. The fourth-order valence-electron chi connectivity index (χ4n) is 3.77. The van der Waals surface area contributed by atoms with Crippen LogP contribution in [0.25, 0.3) is 11.6 Å². The number of anilines is 1. The SMILES string of the molecule is Cl.Cl.Cl.Oc1nc(N2CCN(Cc3ccccc3)CC2)[nH]c1/C=C1\C=Nc2ncccc21. The molecule has 1 fully saturated rings. The number of piperazine rings is 1. The molecule has 5 rings (SSSR count). The predicted molar refractivity (Wildman–Crippen MR) is 136 cm³/mol. The van der Waals surface area contributed by atoms with Crippen LogP contribution in [0.3, 0.4) is 0 Å². The number of fused-ring (bicyclic) bond motifs is 1. The highest BCUT2D eigenvalue weighted by Gasteiger charge is 2.21. The van der Waals surface area contributed by atoms with Gasteiger partial charge >= 0.3 is 0 Å². The molecule has 0 atom stereocenters. The van der Waals surface area contributed by atoms with Gasteiger partial charge in [0.25, 0.3) is 0 Å². The van der Waals surface area contributed by atoms with E-state index in [0.717, 1.165) is 43.9 Å². The molecule has 4 heterocycles. The maximum absolute atomic E-state index is 10.3. The third kappa shape index (κ3) is 5.42. The second-order valence-electron chi connectivity index (χ2n) is 7.28. The fourth-order valence-corrected chi connectivity index (χ4v) is 3.77. The first-order chi connectivity index (χ1) is 14.3. The van der Waals surface area contributed by atoms with Crippen LogP contribution >= 0.6 is 37.2 Å². The Hall–Kier alpha value is -2.58. The number of hydrogen-bond acceptors (Lipinski definition) is 6. The van der Waals surface area contributed by atoms with Crippen molar-refractivity contribution in [3.63, 3.8) is 0 Å². The number of imidazole rings is 1. The average Bonchev–Trinajstić information content (AvgIpc) is 3.33. The van der Waals surface area contributed by atoms with Crippen LogP contribution in [0.2, 0.25) is 0 Å². The first kappa shape index (κ1) is 25.7. The minimum absolute atomic E-state index is 0. The zero-order valence-electron chi connectivity index (χ0n) is 17.2. The number of hydrogen-bond donors (Lipinski definition) is 2. The molecule has 0 saturated carbocycles. The third-order valence-electron chi connectivity index (χ3n) is 5.34. The Kier molecular flexibility index (Phi) is 9.09. The van der Waals surface area contributed by atoms with Crippen LogP contribution in [-0.2, 0) is 6.54 Å². The van der Waals surface area contributed by atoms with Gasteiger partial charge in [-0.25, -0.2) is 9.98 Å². The quantitative estimate of drug-likeness (QED) is 0.562. The van der Waals surface area contributed by atoms with Gasteiger partial charge in [-0.2, -0.15) is 4.98 Å². The molecule has 2 aliphatic heterocycles. The molecule has 0 unspecified atom stereocenters. The van der Waals surface area contributed by atoms with Crippen molar-refractivity contribution in [1.29, 1.82) is 0 Å². The van der Waals surface area contributed by atoms with Gasteiger partial charge in [0.2, 0.25) is 11.8 Å². The smallest absolute Gasteiger partial charge is 0.238 e. The van der Waals surface area contributed by atoms with Crippen LogP contribution in [0.4, 0.5) is 11.8 Å².